The van der Waals surface area contributed by atoms with Crippen molar-refractivity contribution < 1.29 is 22.0 Å². The lowest BCUT2D eigenvalue weighted by molar-refractivity contribution is -0.141. The molecule has 0 unspecified atom stereocenters. The van der Waals surface area contributed by atoms with E-state index >= 15 is 0 Å². The second kappa shape index (κ2) is 4.91. The fourth-order valence-corrected chi connectivity index (χ4v) is 1.40. The Hall–Kier alpha value is -2.45. The van der Waals surface area contributed by atoms with Crippen LogP contribution in [0, 0.1) is 11.6 Å². The normalized spacial score (nSPS) is 11.4. The second-order valence-corrected chi connectivity index (χ2v) is 3.70. The molecule has 0 aliphatic rings. The minimum absolute atomic E-state index is 0.239. The number of rotatable bonds is 2. The topological polar surface area (TPSA) is 57.8 Å². The Morgan fingerprint density at radius 1 is 1.15 bits per heavy atom. The average molecular weight is 291 g/mol. The molecular formula is C11H6F5N3O. The summed E-state index contributed by atoms with van der Waals surface area (Å²) in [5.74, 6) is -2.79. The third-order valence-electron chi connectivity index (χ3n) is 2.24. The zero-order valence-electron chi connectivity index (χ0n) is 9.55. The molecule has 1 aromatic heterocycles. The number of hydrogen-bond donors (Lipinski definition) is 2. The van der Waals surface area contributed by atoms with Gasteiger partial charge in [-0.05, 0) is 12.1 Å². The first kappa shape index (κ1) is 14.0. The van der Waals surface area contributed by atoms with Crippen LogP contribution in [-0.4, -0.2) is 9.97 Å². The van der Waals surface area contributed by atoms with Crippen LogP contribution in [0.4, 0.5) is 33.6 Å². The number of hydrogen-bond acceptors (Lipinski definition) is 3. The molecule has 1 heterocycles. The van der Waals surface area contributed by atoms with E-state index in [1.807, 2.05) is 10.3 Å². The summed E-state index contributed by atoms with van der Waals surface area (Å²) in [7, 11) is 0. The molecule has 0 saturated carbocycles. The SMILES string of the molecule is O=c1cc(C(F)(F)F)nc(Nc2c(F)cccc2F)[nH]1. The summed E-state index contributed by atoms with van der Waals surface area (Å²) in [6, 6.07) is 3.12. The molecule has 20 heavy (non-hydrogen) atoms. The Morgan fingerprint density at radius 3 is 2.30 bits per heavy atom. The number of nitrogens with zero attached hydrogens (tertiary/aromatic N) is 1. The summed E-state index contributed by atoms with van der Waals surface area (Å²) in [5, 5.41) is 1.98. The van der Waals surface area contributed by atoms with Crippen molar-refractivity contribution in [2.45, 2.75) is 6.18 Å². The van der Waals surface area contributed by atoms with Crippen LogP contribution in [0.5, 0.6) is 0 Å². The summed E-state index contributed by atoms with van der Waals surface area (Å²) in [5.41, 5.74) is -3.29. The molecule has 1 aromatic carbocycles. The van der Waals surface area contributed by atoms with Crippen molar-refractivity contribution in [1.82, 2.24) is 9.97 Å². The molecule has 0 aliphatic carbocycles. The molecule has 0 atom stereocenters. The maximum atomic E-state index is 13.3. The van der Waals surface area contributed by atoms with Crippen LogP contribution in [0.25, 0.3) is 0 Å². The highest BCUT2D eigenvalue weighted by Crippen LogP contribution is 2.27. The van der Waals surface area contributed by atoms with E-state index in [1.54, 1.807) is 0 Å². The van der Waals surface area contributed by atoms with Gasteiger partial charge in [0, 0.05) is 6.07 Å². The van der Waals surface area contributed by atoms with Crippen molar-refractivity contribution in [3.8, 4) is 0 Å². The lowest BCUT2D eigenvalue weighted by Gasteiger charge is -2.10. The monoisotopic (exact) mass is 291 g/mol. The molecule has 9 heteroatoms. The molecule has 0 radical (unpaired) electrons. The van der Waals surface area contributed by atoms with E-state index in [0.29, 0.717) is 0 Å². The van der Waals surface area contributed by atoms with Gasteiger partial charge in [-0.25, -0.2) is 13.8 Å². The van der Waals surface area contributed by atoms with Gasteiger partial charge in [0.1, 0.15) is 17.3 Å². The first-order valence-corrected chi connectivity index (χ1v) is 5.17. The molecule has 0 saturated heterocycles. The second-order valence-electron chi connectivity index (χ2n) is 3.70. The molecule has 2 N–H and O–H groups in total. The molecule has 0 aliphatic heterocycles. The van der Waals surface area contributed by atoms with Crippen molar-refractivity contribution >= 4 is 11.6 Å². The number of halogens is 5. The number of anilines is 2. The predicted octanol–water partition coefficient (Wildman–Crippen LogP) is 2.81. The quantitative estimate of drug-likeness (QED) is 0.836. The number of H-pyrrole nitrogens is 1. The van der Waals surface area contributed by atoms with Crippen LogP contribution < -0.4 is 10.9 Å². The van der Waals surface area contributed by atoms with Crippen molar-refractivity contribution in [2.75, 3.05) is 5.32 Å². The van der Waals surface area contributed by atoms with E-state index in [2.05, 4.69) is 4.98 Å². The van der Waals surface area contributed by atoms with E-state index < -0.39 is 40.7 Å². The van der Waals surface area contributed by atoms with Gasteiger partial charge in [0.2, 0.25) is 5.95 Å². The lowest BCUT2D eigenvalue weighted by atomic mass is 10.3. The van der Waals surface area contributed by atoms with Crippen molar-refractivity contribution in [2.24, 2.45) is 0 Å². The minimum Gasteiger partial charge on any atom is -0.321 e. The van der Waals surface area contributed by atoms with E-state index in [0.717, 1.165) is 18.2 Å². The maximum Gasteiger partial charge on any atom is 0.433 e. The Morgan fingerprint density at radius 2 is 1.75 bits per heavy atom. The van der Waals surface area contributed by atoms with Gasteiger partial charge < -0.3 is 5.32 Å². The number of benzene rings is 1. The Labute approximate surface area is 108 Å². The summed E-state index contributed by atoms with van der Waals surface area (Å²) in [6.45, 7) is 0. The Kier molecular flexibility index (Phi) is 3.43. The van der Waals surface area contributed by atoms with Gasteiger partial charge in [-0.15, -0.1) is 0 Å². The van der Waals surface area contributed by atoms with E-state index in [1.165, 1.54) is 0 Å². The van der Waals surface area contributed by atoms with E-state index in [4.69, 9.17) is 0 Å². The molecule has 4 nitrogen and oxygen atoms in total. The number of aromatic amines is 1. The smallest absolute Gasteiger partial charge is 0.321 e. The van der Waals surface area contributed by atoms with Gasteiger partial charge in [-0.3, -0.25) is 9.78 Å². The van der Waals surface area contributed by atoms with Crippen molar-refractivity contribution in [3.63, 3.8) is 0 Å². The summed E-state index contributed by atoms with van der Waals surface area (Å²) in [4.78, 5) is 16.1. The molecule has 0 amide bonds. The van der Waals surface area contributed by atoms with Crippen molar-refractivity contribution in [1.29, 1.82) is 0 Å². The average Bonchev–Trinajstić information content (AvgIpc) is 2.32. The summed E-state index contributed by atoms with van der Waals surface area (Å²) in [6.07, 6.45) is -4.85. The van der Waals surface area contributed by atoms with Crippen LogP contribution >= 0.6 is 0 Å². The van der Waals surface area contributed by atoms with Crippen LogP contribution in [0.2, 0.25) is 0 Å². The highest BCUT2D eigenvalue weighted by Gasteiger charge is 2.33. The first-order chi connectivity index (χ1) is 9.27. The van der Waals surface area contributed by atoms with E-state index in [-0.39, 0.29) is 6.07 Å². The zero-order valence-corrected chi connectivity index (χ0v) is 9.55. The maximum absolute atomic E-state index is 13.3. The molecule has 0 fully saturated rings. The number of alkyl halides is 3. The lowest BCUT2D eigenvalue weighted by Crippen LogP contribution is -2.18. The molecule has 0 bridgehead atoms. The fraction of sp³-hybridized carbons (Fsp3) is 0.0909. The third kappa shape index (κ3) is 2.92. The van der Waals surface area contributed by atoms with Gasteiger partial charge in [-0.1, -0.05) is 6.07 Å². The summed E-state index contributed by atoms with van der Waals surface area (Å²) >= 11 is 0. The predicted molar refractivity (Wildman–Crippen MR) is 59.5 cm³/mol. The molecule has 0 spiro atoms. The van der Waals surface area contributed by atoms with Gasteiger partial charge in [0.15, 0.2) is 5.69 Å². The van der Waals surface area contributed by atoms with Gasteiger partial charge in [0.25, 0.3) is 5.56 Å². The largest absolute Gasteiger partial charge is 0.433 e. The fourth-order valence-electron chi connectivity index (χ4n) is 1.40. The minimum atomic E-state index is -4.85. The Bertz CT molecular complexity index is 675. The van der Waals surface area contributed by atoms with Crippen LogP contribution in [0.15, 0.2) is 29.1 Å². The van der Waals surface area contributed by atoms with Gasteiger partial charge in [0.05, 0.1) is 0 Å². The molecular weight excluding hydrogens is 285 g/mol. The molecule has 2 aromatic rings. The first-order valence-electron chi connectivity index (χ1n) is 5.17. The van der Waals surface area contributed by atoms with Crippen LogP contribution in [0.3, 0.4) is 0 Å². The third-order valence-corrected chi connectivity index (χ3v) is 2.24. The Balaban J connectivity index is 2.45. The standard InChI is InChI=1S/C11H6F5N3O/c12-5-2-1-3-6(13)9(5)19-10-17-7(11(14,15)16)4-8(20)18-10/h1-4H,(H2,17,18,19,20). The zero-order chi connectivity index (χ0) is 14.9. The van der Waals surface area contributed by atoms with Crippen LogP contribution in [-0.2, 0) is 6.18 Å². The highest BCUT2D eigenvalue weighted by atomic mass is 19.4. The summed E-state index contributed by atoms with van der Waals surface area (Å²) < 4.78 is 64.0. The van der Waals surface area contributed by atoms with Crippen molar-refractivity contribution in [3.05, 3.63) is 51.9 Å². The van der Waals surface area contributed by atoms with E-state index in [9.17, 15) is 26.7 Å². The number of para-hydroxylation sites is 1. The van der Waals surface area contributed by atoms with Crippen LogP contribution in [0.1, 0.15) is 5.69 Å². The van der Waals surface area contributed by atoms with Gasteiger partial charge in [-0.2, -0.15) is 13.2 Å². The highest BCUT2D eigenvalue weighted by molar-refractivity contribution is 5.54. The molecule has 106 valence electrons. The van der Waals surface area contributed by atoms with Gasteiger partial charge >= 0.3 is 6.18 Å². The molecule has 2 rings (SSSR count). The number of nitrogens with one attached hydrogen (secondary N) is 2. The number of aromatic nitrogens is 2.